The van der Waals surface area contributed by atoms with E-state index in [4.69, 9.17) is 0 Å². The van der Waals surface area contributed by atoms with Crippen molar-refractivity contribution in [3.8, 4) is 0 Å². The van der Waals surface area contributed by atoms with Gasteiger partial charge in [0.2, 0.25) is 5.91 Å². The number of rotatable bonds is 3. The van der Waals surface area contributed by atoms with E-state index in [2.05, 4.69) is 80.7 Å². The van der Waals surface area contributed by atoms with E-state index < -0.39 is 0 Å². The lowest BCUT2D eigenvalue weighted by molar-refractivity contribution is -0.122. The lowest BCUT2D eigenvalue weighted by atomic mass is 9.53. The average molecular weight is 382 g/mol. The number of benzene rings is 3. The Bertz CT molecular complexity index is 1050. The molecule has 3 aliphatic carbocycles. The van der Waals surface area contributed by atoms with E-state index in [1.807, 2.05) is 12.1 Å². The predicted molar refractivity (Wildman–Crippen MR) is 118 cm³/mol. The highest BCUT2D eigenvalue weighted by molar-refractivity contribution is 5.95. The highest BCUT2D eigenvalue weighted by Crippen LogP contribution is 2.59. The third-order valence-electron chi connectivity index (χ3n) is 7.22. The molecule has 0 aliphatic heterocycles. The van der Waals surface area contributed by atoms with Crippen LogP contribution in [0.4, 0.5) is 5.69 Å². The molecule has 2 atom stereocenters. The standard InChI is InChI=1S/C27H27NO/c1-4-18-24-19-11-5-7-13-21(19)25(22-14-8-6-12-20(22)24)26(18)27(29)28-23-15-9-10-16(2)17(23)3/h5-15,18,24-26H,4H2,1-3H3,(H,28,29)/t18-,24?,25?,26-/m0/s1. The number of hydrogen-bond acceptors (Lipinski definition) is 1. The van der Waals surface area contributed by atoms with E-state index in [1.165, 1.54) is 27.8 Å². The number of carbonyl (C=O) groups excluding carboxylic acids is 1. The zero-order valence-corrected chi connectivity index (χ0v) is 17.3. The molecule has 0 fully saturated rings. The molecule has 2 bridgehead atoms. The van der Waals surface area contributed by atoms with Crippen LogP contribution in [0.2, 0.25) is 0 Å². The van der Waals surface area contributed by atoms with Gasteiger partial charge in [-0.1, -0.05) is 74.0 Å². The van der Waals surface area contributed by atoms with Crippen molar-refractivity contribution < 1.29 is 4.79 Å². The average Bonchev–Trinajstić information content (AvgIpc) is 2.76. The molecule has 2 heteroatoms. The minimum atomic E-state index is -0.0466. The Hall–Kier alpha value is -2.87. The monoisotopic (exact) mass is 381 g/mol. The van der Waals surface area contributed by atoms with E-state index in [9.17, 15) is 4.79 Å². The van der Waals surface area contributed by atoms with Crippen LogP contribution in [0.15, 0.2) is 66.7 Å². The second-order valence-electron chi connectivity index (χ2n) is 8.55. The minimum absolute atomic E-state index is 0.0466. The van der Waals surface area contributed by atoms with Gasteiger partial charge in [0.15, 0.2) is 0 Å². The van der Waals surface area contributed by atoms with E-state index in [1.54, 1.807) is 0 Å². The third-order valence-corrected chi connectivity index (χ3v) is 7.22. The summed E-state index contributed by atoms with van der Waals surface area (Å²) in [6, 6.07) is 23.6. The Morgan fingerprint density at radius 2 is 1.34 bits per heavy atom. The first kappa shape index (κ1) is 18.2. The topological polar surface area (TPSA) is 29.1 Å². The van der Waals surface area contributed by atoms with Crippen molar-refractivity contribution in [2.75, 3.05) is 5.32 Å². The van der Waals surface area contributed by atoms with Crippen molar-refractivity contribution in [3.63, 3.8) is 0 Å². The van der Waals surface area contributed by atoms with Gasteiger partial charge < -0.3 is 5.32 Å². The van der Waals surface area contributed by atoms with E-state index >= 15 is 0 Å². The van der Waals surface area contributed by atoms with Gasteiger partial charge in [0.25, 0.3) is 0 Å². The third kappa shape index (κ3) is 2.66. The maximum atomic E-state index is 13.7. The summed E-state index contributed by atoms with van der Waals surface area (Å²) in [4.78, 5) is 13.7. The molecule has 0 aromatic heterocycles. The fourth-order valence-electron chi connectivity index (χ4n) is 5.73. The number of fused-ring (bicyclic) bond motifs is 1. The van der Waals surface area contributed by atoms with Crippen LogP contribution in [-0.4, -0.2) is 5.91 Å². The van der Waals surface area contributed by atoms with Crippen LogP contribution in [0.1, 0.15) is 58.6 Å². The molecule has 0 saturated carbocycles. The lowest BCUT2D eigenvalue weighted by Crippen LogP contribution is -2.45. The van der Waals surface area contributed by atoms with Crippen LogP contribution in [0.5, 0.6) is 0 Å². The summed E-state index contributed by atoms with van der Waals surface area (Å²) in [6.07, 6.45) is 0.995. The maximum absolute atomic E-state index is 13.7. The largest absolute Gasteiger partial charge is 0.326 e. The van der Waals surface area contributed by atoms with Crippen molar-refractivity contribution in [2.24, 2.45) is 11.8 Å². The van der Waals surface area contributed by atoms with Crippen molar-refractivity contribution in [3.05, 3.63) is 100 Å². The normalized spacial score (nSPS) is 24.0. The number of amides is 1. The molecule has 2 nitrogen and oxygen atoms in total. The fraction of sp³-hybridized carbons (Fsp3) is 0.296. The molecule has 0 heterocycles. The summed E-state index contributed by atoms with van der Waals surface area (Å²) < 4.78 is 0. The van der Waals surface area contributed by atoms with Crippen molar-refractivity contribution in [1.82, 2.24) is 0 Å². The number of carbonyl (C=O) groups is 1. The summed E-state index contributed by atoms with van der Waals surface area (Å²) >= 11 is 0. The molecule has 1 N–H and O–H groups in total. The Morgan fingerprint density at radius 3 is 1.90 bits per heavy atom. The zero-order chi connectivity index (χ0) is 20.1. The minimum Gasteiger partial charge on any atom is -0.326 e. The zero-order valence-electron chi connectivity index (χ0n) is 17.3. The highest BCUT2D eigenvalue weighted by atomic mass is 16.1. The van der Waals surface area contributed by atoms with Crippen LogP contribution >= 0.6 is 0 Å². The van der Waals surface area contributed by atoms with Gasteiger partial charge in [0, 0.05) is 17.5 Å². The van der Waals surface area contributed by atoms with Gasteiger partial charge in [-0.3, -0.25) is 4.79 Å². The quantitative estimate of drug-likeness (QED) is 0.577. The molecule has 0 saturated heterocycles. The summed E-state index contributed by atoms with van der Waals surface area (Å²) in [5.74, 6) is 0.850. The molecule has 3 aromatic rings. The van der Waals surface area contributed by atoms with E-state index in [0.29, 0.717) is 11.8 Å². The van der Waals surface area contributed by atoms with Gasteiger partial charge in [-0.05, 0) is 59.2 Å². The second-order valence-corrected chi connectivity index (χ2v) is 8.55. The van der Waals surface area contributed by atoms with Gasteiger partial charge in [0.1, 0.15) is 0 Å². The van der Waals surface area contributed by atoms with Gasteiger partial charge in [-0.2, -0.15) is 0 Å². The van der Waals surface area contributed by atoms with Crippen LogP contribution in [0.25, 0.3) is 0 Å². The molecule has 6 rings (SSSR count). The van der Waals surface area contributed by atoms with Crippen LogP contribution < -0.4 is 5.32 Å². The molecular formula is C27H27NO. The number of hydrogen-bond donors (Lipinski definition) is 1. The highest BCUT2D eigenvalue weighted by Gasteiger charge is 2.51. The summed E-state index contributed by atoms with van der Waals surface area (Å²) in [6.45, 7) is 6.41. The molecule has 0 unspecified atom stereocenters. The van der Waals surface area contributed by atoms with Crippen molar-refractivity contribution in [1.29, 1.82) is 0 Å². The first-order valence-electron chi connectivity index (χ1n) is 10.7. The molecule has 29 heavy (non-hydrogen) atoms. The SMILES string of the molecule is CC[C@H]1C2c3ccccc3C(c3ccccc32)[C@H]1C(=O)Nc1cccc(C)c1C. The lowest BCUT2D eigenvalue weighted by Gasteiger charge is -2.50. The number of anilines is 1. The van der Waals surface area contributed by atoms with E-state index in [-0.39, 0.29) is 17.7 Å². The molecule has 3 aliphatic rings. The molecule has 146 valence electrons. The summed E-state index contributed by atoms with van der Waals surface area (Å²) in [5, 5.41) is 3.29. The molecule has 1 amide bonds. The Labute approximate surface area is 173 Å². The maximum Gasteiger partial charge on any atom is 0.228 e. The van der Waals surface area contributed by atoms with Crippen LogP contribution in [0.3, 0.4) is 0 Å². The predicted octanol–water partition coefficient (Wildman–Crippen LogP) is 6.18. The first-order valence-corrected chi connectivity index (χ1v) is 10.7. The molecule has 3 aromatic carbocycles. The Kier molecular flexibility index (Phi) is 4.31. The van der Waals surface area contributed by atoms with Gasteiger partial charge in [-0.25, -0.2) is 0 Å². The van der Waals surface area contributed by atoms with Crippen molar-refractivity contribution >= 4 is 11.6 Å². The smallest absolute Gasteiger partial charge is 0.228 e. The van der Waals surface area contributed by atoms with E-state index in [0.717, 1.165) is 17.7 Å². The molecule has 0 radical (unpaired) electrons. The first-order chi connectivity index (χ1) is 14.1. The summed E-state index contributed by atoms with van der Waals surface area (Å²) in [5.41, 5.74) is 8.79. The Morgan fingerprint density at radius 1 is 0.793 bits per heavy atom. The number of nitrogens with one attached hydrogen (secondary N) is 1. The van der Waals surface area contributed by atoms with Gasteiger partial charge in [-0.15, -0.1) is 0 Å². The van der Waals surface area contributed by atoms with Gasteiger partial charge in [0.05, 0.1) is 5.92 Å². The molecular weight excluding hydrogens is 354 g/mol. The van der Waals surface area contributed by atoms with Crippen molar-refractivity contribution in [2.45, 2.75) is 39.0 Å². The summed E-state index contributed by atoms with van der Waals surface area (Å²) in [7, 11) is 0. The van der Waals surface area contributed by atoms with Crippen LogP contribution in [-0.2, 0) is 4.79 Å². The molecule has 0 spiro atoms. The van der Waals surface area contributed by atoms with Crippen LogP contribution in [0, 0.1) is 25.7 Å². The Balaban J connectivity index is 1.62. The second kappa shape index (κ2) is 6.88. The fourth-order valence-corrected chi connectivity index (χ4v) is 5.73. The van der Waals surface area contributed by atoms with Gasteiger partial charge >= 0.3 is 0 Å². The number of aryl methyl sites for hydroxylation is 1.